The van der Waals surface area contributed by atoms with Crippen molar-refractivity contribution < 1.29 is 19.1 Å². The van der Waals surface area contributed by atoms with Gasteiger partial charge in [0.1, 0.15) is 0 Å². The second kappa shape index (κ2) is 12.0. The molecule has 1 saturated heterocycles. The Labute approximate surface area is 240 Å². The minimum absolute atomic E-state index is 0.0320. The lowest BCUT2D eigenvalue weighted by Gasteiger charge is -2.31. The van der Waals surface area contributed by atoms with Crippen LogP contribution < -0.4 is 16.0 Å². The van der Waals surface area contributed by atoms with Gasteiger partial charge in [-0.15, -0.1) is 0 Å². The Kier molecular flexibility index (Phi) is 8.19. The number of amides is 2. The highest BCUT2D eigenvalue weighted by Crippen LogP contribution is 2.39. The molecule has 1 fully saturated rings. The molecule has 0 atom stereocenters. The summed E-state index contributed by atoms with van der Waals surface area (Å²) in [6.07, 6.45) is 0. The van der Waals surface area contributed by atoms with Crippen LogP contribution in [0.15, 0.2) is 60.7 Å². The minimum Gasteiger partial charge on any atom is -0.465 e. The van der Waals surface area contributed by atoms with E-state index in [-0.39, 0.29) is 11.8 Å². The molecule has 0 aromatic heterocycles. The summed E-state index contributed by atoms with van der Waals surface area (Å²) in [5.41, 5.74) is 7.03. The molecule has 2 amide bonds. The molecule has 0 spiro atoms. The normalized spacial score (nSPS) is 16.5. The van der Waals surface area contributed by atoms with Crippen LogP contribution >= 0.6 is 0 Å². The van der Waals surface area contributed by atoms with Gasteiger partial charge < -0.3 is 25.6 Å². The van der Waals surface area contributed by atoms with Gasteiger partial charge in [0.25, 0.3) is 5.91 Å². The molecular formula is C32H35N5O4. The zero-order valence-corrected chi connectivity index (χ0v) is 23.8. The first-order chi connectivity index (χ1) is 19.7. The number of anilines is 3. The fourth-order valence-electron chi connectivity index (χ4n) is 5.17. The molecule has 0 bridgehead atoms. The van der Waals surface area contributed by atoms with Gasteiger partial charge in [-0.1, -0.05) is 36.4 Å². The Hall–Kier alpha value is -4.47. The molecule has 0 radical (unpaired) electrons. The highest BCUT2D eigenvalue weighted by atomic mass is 16.5. The number of hydrogen-bond donors (Lipinski definition) is 3. The Morgan fingerprint density at radius 1 is 0.878 bits per heavy atom. The SMILES string of the molecule is COC(=O)c1ccc2c(c1)NC(=O)/C2=C(\Nc1ccc(NC(=O)CN2CCN(C)CC2)c(C)c1C)c1ccccc1. The Bertz CT molecular complexity index is 1520. The first-order valence-corrected chi connectivity index (χ1v) is 13.7. The summed E-state index contributed by atoms with van der Waals surface area (Å²) in [7, 11) is 3.42. The zero-order valence-electron chi connectivity index (χ0n) is 23.8. The van der Waals surface area contributed by atoms with Gasteiger partial charge in [0.05, 0.1) is 36.2 Å². The quantitative estimate of drug-likeness (QED) is 0.298. The van der Waals surface area contributed by atoms with Gasteiger partial charge >= 0.3 is 5.97 Å². The number of esters is 1. The van der Waals surface area contributed by atoms with Gasteiger partial charge in [0, 0.05) is 43.1 Å². The number of nitrogens with one attached hydrogen (secondary N) is 3. The van der Waals surface area contributed by atoms with Crippen molar-refractivity contribution in [2.24, 2.45) is 0 Å². The lowest BCUT2D eigenvalue weighted by molar-refractivity contribution is -0.117. The standard InChI is InChI=1S/C32H35N5O4/c1-20-21(2)26(13-12-25(20)33-28(38)19-37-16-14-36(3)15-17-37)34-30(22-8-6-5-7-9-22)29-24-11-10-23(32(40)41-4)18-27(24)35-31(29)39/h5-13,18,34H,14-17,19H2,1-4H3,(H,33,38)(H,35,39)/b30-29-. The topological polar surface area (TPSA) is 103 Å². The summed E-state index contributed by atoms with van der Waals surface area (Å²) in [5.74, 6) is -0.770. The molecule has 0 unspecified atom stereocenters. The van der Waals surface area contributed by atoms with E-state index in [2.05, 4.69) is 32.8 Å². The zero-order chi connectivity index (χ0) is 29.1. The average molecular weight is 554 g/mol. The molecular weight excluding hydrogens is 518 g/mol. The predicted molar refractivity (Wildman–Crippen MR) is 162 cm³/mol. The number of nitrogens with zero attached hydrogens (tertiary/aromatic N) is 2. The third kappa shape index (κ3) is 6.01. The maximum Gasteiger partial charge on any atom is 0.337 e. The smallest absolute Gasteiger partial charge is 0.337 e. The van der Waals surface area contributed by atoms with Crippen LogP contribution in [0, 0.1) is 13.8 Å². The monoisotopic (exact) mass is 553 g/mol. The van der Waals surface area contributed by atoms with Crippen molar-refractivity contribution in [1.82, 2.24) is 9.80 Å². The van der Waals surface area contributed by atoms with Crippen LogP contribution in [0.1, 0.15) is 32.6 Å². The molecule has 0 aliphatic carbocycles. The van der Waals surface area contributed by atoms with Crippen molar-refractivity contribution in [1.29, 1.82) is 0 Å². The van der Waals surface area contributed by atoms with Crippen LogP contribution in [-0.4, -0.2) is 74.5 Å². The van der Waals surface area contributed by atoms with Crippen LogP contribution in [0.2, 0.25) is 0 Å². The second-order valence-electron chi connectivity index (χ2n) is 10.5. The number of piperazine rings is 1. The van der Waals surface area contributed by atoms with Crippen molar-refractivity contribution in [2.75, 3.05) is 62.8 Å². The molecule has 3 N–H and O–H groups in total. The number of fused-ring (bicyclic) bond motifs is 1. The lowest BCUT2D eigenvalue weighted by Crippen LogP contribution is -2.47. The predicted octanol–water partition coefficient (Wildman–Crippen LogP) is 4.21. The second-order valence-corrected chi connectivity index (χ2v) is 10.5. The third-order valence-corrected chi connectivity index (χ3v) is 7.78. The van der Waals surface area contributed by atoms with Gasteiger partial charge in [-0.05, 0) is 61.9 Å². The van der Waals surface area contributed by atoms with E-state index in [1.54, 1.807) is 18.2 Å². The van der Waals surface area contributed by atoms with Crippen molar-refractivity contribution in [3.05, 3.63) is 88.5 Å². The molecule has 9 nitrogen and oxygen atoms in total. The highest BCUT2D eigenvalue weighted by molar-refractivity contribution is 6.37. The highest BCUT2D eigenvalue weighted by Gasteiger charge is 2.29. The number of ether oxygens (including phenoxy) is 1. The maximum absolute atomic E-state index is 13.3. The summed E-state index contributed by atoms with van der Waals surface area (Å²) >= 11 is 0. The maximum atomic E-state index is 13.3. The van der Waals surface area contributed by atoms with E-state index in [0.717, 1.165) is 54.2 Å². The Morgan fingerprint density at radius 3 is 2.20 bits per heavy atom. The molecule has 2 heterocycles. The molecule has 212 valence electrons. The van der Waals surface area contributed by atoms with Gasteiger partial charge in [-0.25, -0.2) is 4.79 Å². The van der Waals surface area contributed by atoms with Crippen LogP contribution in [-0.2, 0) is 14.3 Å². The molecule has 3 aromatic carbocycles. The van der Waals surface area contributed by atoms with Crippen LogP contribution in [0.25, 0.3) is 11.3 Å². The fraction of sp³-hybridized carbons (Fsp3) is 0.281. The number of carbonyl (C=O) groups is 3. The van der Waals surface area contributed by atoms with E-state index >= 15 is 0 Å². The average Bonchev–Trinajstić information content (AvgIpc) is 3.31. The van der Waals surface area contributed by atoms with E-state index in [1.165, 1.54) is 7.11 Å². The summed E-state index contributed by atoms with van der Waals surface area (Å²) in [6, 6.07) is 18.5. The molecule has 3 aromatic rings. The molecule has 2 aliphatic rings. The van der Waals surface area contributed by atoms with Crippen LogP contribution in [0.4, 0.5) is 17.1 Å². The summed E-state index contributed by atoms with van der Waals surface area (Å²) in [4.78, 5) is 42.6. The minimum atomic E-state index is -0.470. The first-order valence-electron chi connectivity index (χ1n) is 13.7. The van der Waals surface area contributed by atoms with E-state index in [1.807, 2.05) is 56.3 Å². The van der Waals surface area contributed by atoms with Gasteiger partial charge in [-0.2, -0.15) is 0 Å². The number of likely N-dealkylation sites (N-methyl/N-ethyl adjacent to an activating group) is 1. The summed E-state index contributed by atoms with van der Waals surface area (Å²) in [6.45, 7) is 8.01. The van der Waals surface area contributed by atoms with Crippen molar-refractivity contribution >= 4 is 46.1 Å². The van der Waals surface area contributed by atoms with E-state index in [4.69, 9.17) is 4.74 Å². The van der Waals surface area contributed by atoms with Crippen LogP contribution in [0.5, 0.6) is 0 Å². The number of methoxy groups -OCH3 is 1. The van der Waals surface area contributed by atoms with E-state index in [9.17, 15) is 14.4 Å². The first kappa shape index (κ1) is 28.1. The van der Waals surface area contributed by atoms with Crippen molar-refractivity contribution in [3.8, 4) is 0 Å². The Balaban J connectivity index is 1.45. The molecule has 41 heavy (non-hydrogen) atoms. The van der Waals surface area contributed by atoms with Gasteiger partial charge in [-0.3, -0.25) is 14.5 Å². The number of benzene rings is 3. The summed E-state index contributed by atoms with van der Waals surface area (Å²) in [5, 5.41) is 9.50. The van der Waals surface area contributed by atoms with Gasteiger partial charge in [0.2, 0.25) is 5.91 Å². The van der Waals surface area contributed by atoms with Crippen molar-refractivity contribution in [2.45, 2.75) is 13.8 Å². The van der Waals surface area contributed by atoms with Crippen molar-refractivity contribution in [3.63, 3.8) is 0 Å². The lowest BCUT2D eigenvalue weighted by atomic mass is 9.98. The number of carbonyl (C=O) groups excluding carboxylic acids is 3. The van der Waals surface area contributed by atoms with E-state index < -0.39 is 5.97 Å². The van der Waals surface area contributed by atoms with E-state index in [0.29, 0.717) is 34.6 Å². The molecule has 5 rings (SSSR count). The Morgan fingerprint density at radius 2 is 1.54 bits per heavy atom. The largest absolute Gasteiger partial charge is 0.465 e. The third-order valence-electron chi connectivity index (χ3n) is 7.78. The van der Waals surface area contributed by atoms with Crippen LogP contribution in [0.3, 0.4) is 0 Å². The number of hydrogen-bond acceptors (Lipinski definition) is 7. The molecule has 9 heteroatoms. The number of rotatable bonds is 7. The van der Waals surface area contributed by atoms with Gasteiger partial charge in [0.15, 0.2) is 0 Å². The summed E-state index contributed by atoms with van der Waals surface area (Å²) < 4.78 is 4.84. The molecule has 0 saturated carbocycles. The molecule has 2 aliphatic heterocycles. The fourth-order valence-corrected chi connectivity index (χ4v) is 5.17.